The van der Waals surface area contributed by atoms with Crippen molar-refractivity contribution >= 4 is 50.1 Å². The summed E-state index contributed by atoms with van der Waals surface area (Å²) in [5.74, 6) is -0.532. The Morgan fingerprint density at radius 1 is 1.06 bits per heavy atom. The number of alkyl halides is 3. The van der Waals surface area contributed by atoms with Crippen LogP contribution in [-0.2, 0) is 6.54 Å². The Bertz CT molecular complexity index is 1510. The maximum atomic E-state index is 14.7. The van der Waals surface area contributed by atoms with E-state index in [0.717, 1.165) is 6.07 Å². The fourth-order valence-corrected chi connectivity index (χ4v) is 4.12. The SMILES string of the molecule is CNc1cc2c(cn1)cc(-c1cc(NC(=O)Nc3ccccc3)c(F)cc1Br)c(=O)n2CC(F)(F)F. The number of amides is 2. The van der Waals surface area contributed by atoms with E-state index >= 15 is 0 Å². The van der Waals surface area contributed by atoms with Gasteiger partial charge in [-0.15, -0.1) is 0 Å². The number of urea groups is 1. The molecule has 186 valence electrons. The zero-order valence-corrected chi connectivity index (χ0v) is 20.2. The van der Waals surface area contributed by atoms with Crippen LogP contribution in [0, 0.1) is 5.82 Å². The lowest BCUT2D eigenvalue weighted by Crippen LogP contribution is -2.29. The standard InChI is InChI=1S/C24H18BrF4N5O2/c1-30-21-10-20-13(11-31-21)7-16(22(35)34(20)12-24(27,28)29)15-8-19(18(26)9-17(15)25)33-23(36)32-14-5-3-2-4-6-14/h2-11H,12H2,1H3,(H,30,31)(H2,32,33,36). The molecule has 36 heavy (non-hydrogen) atoms. The molecule has 4 aromatic rings. The summed E-state index contributed by atoms with van der Waals surface area (Å²) in [4.78, 5) is 29.8. The van der Waals surface area contributed by atoms with Crippen molar-refractivity contribution in [1.82, 2.24) is 9.55 Å². The number of aromatic nitrogens is 2. The molecule has 12 heteroatoms. The number of nitrogens with one attached hydrogen (secondary N) is 3. The molecule has 0 spiro atoms. The highest BCUT2D eigenvalue weighted by atomic mass is 79.9. The lowest BCUT2D eigenvalue weighted by Gasteiger charge is -2.17. The Hall–Kier alpha value is -3.93. The molecule has 0 aliphatic rings. The third-order valence-electron chi connectivity index (χ3n) is 5.20. The summed E-state index contributed by atoms with van der Waals surface area (Å²) in [6.45, 7) is -1.53. The number of hydrogen-bond acceptors (Lipinski definition) is 4. The Kier molecular flexibility index (Phi) is 6.97. The highest BCUT2D eigenvalue weighted by molar-refractivity contribution is 9.10. The van der Waals surface area contributed by atoms with Gasteiger partial charge in [-0.3, -0.25) is 9.36 Å². The topological polar surface area (TPSA) is 88.1 Å². The van der Waals surface area contributed by atoms with Gasteiger partial charge in [-0.05, 0) is 30.3 Å². The van der Waals surface area contributed by atoms with Crippen molar-refractivity contribution in [2.24, 2.45) is 0 Å². The second kappa shape index (κ2) is 9.97. The van der Waals surface area contributed by atoms with Crippen LogP contribution >= 0.6 is 15.9 Å². The number of anilines is 3. The normalized spacial score (nSPS) is 11.4. The van der Waals surface area contributed by atoms with E-state index in [0.29, 0.717) is 10.3 Å². The van der Waals surface area contributed by atoms with Crippen molar-refractivity contribution in [1.29, 1.82) is 0 Å². The molecule has 0 saturated heterocycles. The average molecular weight is 564 g/mol. The van der Waals surface area contributed by atoms with Crippen LogP contribution in [0.15, 0.2) is 70.1 Å². The molecule has 0 radical (unpaired) electrons. The second-order valence-corrected chi connectivity index (χ2v) is 8.55. The van der Waals surface area contributed by atoms with Gasteiger partial charge in [0, 0.05) is 46.0 Å². The number of halogens is 5. The monoisotopic (exact) mass is 563 g/mol. The van der Waals surface area contributed by atoms with Crippen LogP contribution in [0.2, 0.25) is 0 Å². The van der Waals surface area contributed by atoms with Crippen molar-refractivity contribution in [3.63, 3.8) is 0 Å². The number of para-hydroxylation sites is 1. The summed E-state index contributed by atoms with van der Waals surface area (Å²) in [7, 11) is 1.55. The Morgan fingerprint density at radius 3 is 2.44 bits per heavy atom. The molecule has 0 atom stereocenters. The smallest absolute Gasteiger partial charge is 0.373 e. The number of rotatable bonds is 5. The minimum absolute atomic E-state index is 0.0271. The molecular weight excluding hydrogens is 546 g/mol. The van der Waals surface area contributed by atoms with Gasteiger partial charge >= 0.3 is 12.2 Å². The highest BCUT2D eigenvalue weighted by Gasteiger charge is 2.30. The van der Waals surface area contributed by atoms with Gasteiger partial charge in [-0.25, -0.2) is 14.2 Å². The van der Waals surface area contributed by atoms with Crippen LogP contribution in [0.1, 0.15) is 0 Å². The third kappa shape index (κ3) is 5.48. The molecule has 0 unspecified atom stereocenters. The van der Waals surface area contributed by atoms with Crippen molar-refractivity contribution < 1.29 is 22.4 Å². The zero-order valence-electron chi connectivity index (χ0n) is 18.6. The second-order valence-electron chi connectivity index (χ2n) is 7.70. The highest BCUT2D eigenvalue weighted by Crippen LogP contribution is 2.33. The van der Waals surface area contributed by atoms with E-state index in [2.05, 4.69) is 36.9 Å². The van der Waals surface area contributed by atoms with Crippen LogP contribution in [0.25, 0.3) is 22.0 Å². The van der Waals surface area contributed by atoms with E-state index in [4.69, 9.17) is 0 Å². The first-order valence-electron chi connectivity index (χ1n) is 10.5. The summed E-state index contributed by atoms with van der Waals surface area (Å²) in [5, 5.41) is 7.90. The Morgan fingerprint density at radius 2 is 1.78 bits per heavy atom. The van der Waals surface area contributed by atoms with Gasteiger partial charge in [-0.1, -0.05) is 34.1 Å². The van der Waals surface area contributed by atoms with Gasteiger partial charge < -0.3 is 16.0 Å². The minimum atomic E-state index is -4.68. The van der Waals surface area contributed by atoms with E-state index < -0.39 is 30.1 Å². The molecule has 0 saturated carbocycles. The molecule has 0 bridgehead atoms. The molecule has 0 aliphatic carbocycles. The van der Waals surface area contributed by atoms with Gasteiger partial charge in [0.1, 0.15) is 18.2 Å². The predicted octanol–water partition coefficient (Wildman–Crippen LogP) is 6.21. The molecule has 2 amide bonds. The molecule has 7 nitrogen and oxygen atoms in total. The van der Waals surface area contributed by atoms with Crippen LogP contribution in [0.3, 0.4) is 0 Å². The minimum Gasteiger partial charge on any atom is -0.373 e. The third-order valence-corrected chi connectivity index (χ3v) is 5.85. The van der Waals surface area contributed by atoms with Gasteiger partial charge in [0.15, 0.2) is 0 Å². The van der Waals surface area contributed by atoms with Crippen LogP contribution in [-0.4, -0.2) is 28.8 Å². The first kappa shape index (κ1) is 25.2. The van der Waals surface area contributed by atoms with E-state index in [9.17, 15) is 27.2 Å². The van der Waals surface area contributed by atoms with E-state index in [1.807, 2.05) is 0 Å². The molecule has 2 heterocycles. The summed E-state index contributed by atoms with van der Waals surface area (Å²) in [6.07, 6.45) is -3.35. The van der Waals surface area contributed by atoms with Gasteiger partial charge in [0.05, 0.1) is 11.2 Å². The molecule has 2 aromatic carbocycles. The van der Waals surface area contributed by atoms with Crippen molar-refractivity contribution in [3.8, 4) is 11.1 Å². The number of carbonyl (C=O) groups excluding carboxylic acids is 1. The lowest BCUT2D eigenvalue weighted by molar-refractivity contribution is -0.140. The maximum Gasteiger partial charge on any atom is 0.406 e. The summed E-state index contributed by atoms with van der Waals surface area (Å²) >= 11 is 3.18. The van der Waals surface area contributed by atoms with Crippen LogP contribution in [0.4, 0.5) is 39.5 Å². The van der Waals surface area contributed by atoms with Gasteiger partial charge in [0.25, 0.3) is 5.56 Å². The van der Waals surface area contributed by atoms with Gasteiger partial charge in [0.2, 0.25) is 0 Å². The fourth-order valence-electron chi connectivity index (χ4n) is 3.60. The number of hydrogen-bond donors (Lipinski definition) is 3. The first-order valence-corrected chi connectivity index (χ1v) is 11.3. The molecule has 0 fully saturated rings. The maximum absolute atomic E-state index is 14.7. The molecule has 0 aliphatic heterocycles. The van der Waals surface area contributed by atoms with Crippen molar-refractivity contribution in [2.45, 2.75) is 12.7 Å². The Labute approximate surface area is 210 Å². The predicted molar refractivity (Wildman–Crippen MR) is 134 cm³/mol. The molecular formula is C24H18BrF4N5O2. The summed E-state index contributed by atoms with van der Waals surface area (Å²) in [6, 6.07) is 12.6. The van der Waals surface area contributed by atoms with Crippen LogP contribution in [0.5, 0.6) is 0 Å². The largest absolute Gasteiger partial charge is 0.406 e. The van der Waals surface area contributed by atoms with Crippen molar-refractivity contribution in [3.05, 3.63) is 81.4 Å². The fraction of sp³-hybridized carbons (Fsp3) is 0.125. The molecule has 3 N–H and O–H groups in total. The number of nitrogens with zero attached hydrogens (tertiary/aromatic N) is 2. The van der Waals surface area contributed by atoms with E-state index in [1.54, 1.807) is 37.4 Å². The first-order chi connectivity index (χ1) is 17.1. The van der Waals surface area contributed by atoms with Crippen molar-refractivity contribution in [2.75, 3.05) is 23.0 Å². The average Bonchev–Trinajstić information content (AvgIpc) is 2.82. The molecule has 4 rings (SSSR count). The number of fused-ring (bicyclic) bond motifs is 1. The van der Waals surface area contributed by atoms with Crippen LogP contribution < -0.4 is 21.5 Å². The lowest BCUT2D eigenvalue weighted by atomic mass is 10.0. The quantitative estimate of drug-likeness (QED) is 0.252. The number of benzene rings is 2. The number of pyridine rings is 2. The Balaban J connectivity index is 1.81. The zero-order chi connectivity index (χ0) is 26.0. The number of carbonyl (C=O) groups is 1. The summed E-state index contributed by atoms with van der Waals surface area (Å²) in [5.41, 5.74) is -0.770. The molecule has 2 aromatic heterocycles. The summed E-state index contributed by atoms with van der Waals surface area (Å²) < 4.78 is 55.5. The van der Waals surface area contributed by atoms with E-state index in [-0.39, 0.29) is 38.0 Å². The van der Waals surface area contributed by atoms with E-state index in [1.165, 1.54) is 24.4 Å². The van der Waals surface area contributed by atoms with Gasteiger partial charge in [-0.2, -0.15) is 13.2 Å².